The van der Waals surface area contributed by atoms with Crippen LogP contribution < -0.4 is 0 Å². The van der Waals surface area contributed by atoms with Gasteiger partial charge in [-0.2, -0.15) is 0 Å². The normalized spacial score (nSPS) is 19.3. The molecule has 1 amide bonds. The number of carbonyl (C=O) groups excluding carboxylic acids is 1. The van der Waals surface area contributed by atoms with Gasteiger partial charge in [-0.3, -0.25) is 4.79 Å². The molecule has 0 saturated carbocycles. The zero-order chi connectivity index (χ0) is 14.1. The van der Waals surface area contributed by atoms with E-state index >= 15 is 0 Å². The number of aromatic nitrogens is 4. The molecule has 1 aliphatic rings. The Hall–Kier alpha value is -2.18. The molecular weight excluding hydrogens is 258 g/mol. The van der Waals surface area contributed by atoms with E-state index in [2.05, 4.69) is 15.4 Å². The largest absolute Gasteiger partial charge is 0.361 e. The van der Waals surface area contributed by atoms with Gasteiger partial charge in [0.05, 0.1) is 0 Å². The number of nitrogens with zero attached hydrogens (tertiary/aromatic N) is 5. The van der Waals surface area contributed by atoms with Gasteiger partial charge >= 0.3 is 0 Å². The minimum absolute atomic E-state index is 0.0753. The average Bonchev–Trinajstić information content (AvgIpc) is 3.07. The number of hydrogen-bond donors (Lipinski definition) is 0. The minimum Gasteiger partial charge on any atom is -0.361 e. The van der Waals surface area contributed by atoms with Crippen molar-refractivity contribution < 1.29 is 9.32 Å². The molecule has 0 spiro atoms. The third-order valence-corrected chi connectivity index (χ3v) is 3.67. The lowest BCUT2D eigenvalue weighted by Crippen LogP contribution is -2.39. The zero-order valence-electron chi connectivity index (χ0n) is 11.6. The summed E-state index contributed by atoms with van der Waals surface area (Å²) in [6.07, 6.45) is 3.67. The molecule has 2 aromatic rings. The Morgan fingerprint density at radius 3 is 3.00 bits per heavy atom. The van der Waals surface area contributed by atoms with E-state index in [9.17, 15) is 4.79 Å². The second-order valence-corrected chi connectivity index (χ2v) is 5.21. The molecule has 1 saturated heterocycles. The highest BCUT2D eigenvalue weighted by Gasteiger charge is 2.29. The quantitative estimate of drug-likeness (QED) is 0.821. The molecule has 7 heteroatoms. The predicted octanol–water partition coefficient (Wildman–Crippen LogP) is 1.13. The summed E-state index contributed by atoms with van der Waals surface area (Å²) in [6, 6.07) is 1.67. The van der Waals surface area contributed by atoms with Gasteiger partial charge in [0, 0.05) is 32.1 Å². The number of likely N-dealkylation sites (tertiary alicyclic amines) is 1. The fourth-order valence-electron chi connectivity index (χ4n) is 2.66. The fourth-order valence-corrected chi connectivity index (χ4v) is 2.66. The molecule has 106 valence electrons. The standard InChI is InChI=1S/C13H17N5O2/c1-9-6-11(16-20-9)13(19)18-5-3-4-10(7-18)12-15-14-8-17(12)2/h6,8,10H,3-5,7H2,1-2H3/t10-/m1/s1. The van der Waals surface area contributed by atoms with E-state index in [0.717, 1.165) is 25.2 Å². The molecule has 3 heterocycles. The highest BCUT2D eigenvalue weighted by Crippen LogP contribution is 2.25. The van der Waals surface area contributed by atoms with Crippen LogP contribution in [0.15, 0.2) is 16.9 Å². The molecule has 1 aliphatic heterocycles. The maximum Gasteiger partial charge on any atom is 0.276 e. The van der Waals surface area contributed by atoms with Gasteiger partial charge in [-0.25, -0.2) is 0 Å². The molecule has 0 unspecified atom stereocenters. The van der Waals surface area contributed by atoms with Crippen molar-refractivity contribution in [2.45, 2.75) is 25.7 Å². The summed E-state index contributed by atoms with van der Waals surface area (Å²) in [6.45, 7) is 3.18. The number of rotatable bonds is 2. The van der Waals surface area contributed by atoms with Crippen LogP contribution in [0.5, 0.6) is 0 Å². The molecule has 0 aromatic carbocycles. The smallest absolute Gasteiger partial charge is 0.276 e. The topological polar surface area (TPSA) is 77.1 Å². The summed E-state index contributed by atoms with van der Waals surface area (Å²) >= 11 is 0. The van der Waals surface area contributed by atoms with Crippen molar-refractivity contribution in [3.8, 4) is 0 Å². The summed E-state index contributed by atoms with van der Waals surface area (Å²) in [5.74, 6) is 1.73. The van der Waals surface area contributed by atoms with Crippen LogP contribution in [-0.4, -0.2) is 43.8 Å². The third kappa shape index (κ3) is 2.31. The molecular formula is C13H17N5O2. The van der Waals surface area contributed by atoms with Gasteiger partial charge in [-0.05, 0) is 19.8 Å². The highest BCUT2D eigenvalue weighted by molar-refractivity contribution is 5.92. The van der Waals surface area contributed by atoms with Crippen molar-refractivity contribution in [2.75, 3.05) is 13.1 Å². The van der Waals surface area contributed by atoms with Gasteiger partial charge in [-0.15, -0.1) is 10.2 Å². The molecule has 0 N–H and O–H groups in total. The molecule has 20 heavy (non-hydrogen) atoms. The van der Waals surface area contributed by atoms with Crippen molar-refractivity contribution in [2.24, 2.45) is 7.05 Å². The van der Waals surface area contributed by atoms with Crippen LogP contribution in [0.2, 0.25) is 0 Å². The summed E-state index contributed by atoms with van der Waals surface area (Å²) in [7, 11) is 1.93. The summed E-state index contributed by atoms with van der Waals surface area (Å²) < 4.78 is 6.89. The lowest BCUT2D eigenvalue weighted by Gasteiger charge is -2.31. The Morgan fingerprint density at radius 1 is 1.50 bits per heavy atom. The number of amides is 1. The van der Waals surface area contributed by atoms with Crippen molar-refractivity contribution in [3.05, 3.63) is 29.7 Å². The van der Waals surface area contributed by atoms with Crippen LogP contribution >= 0.6 is 0 Å². The van der Waals surface area contributed by atoms with Gasteiger partial charge in [0.25, 0.3) is 5.91 Å². The molecule has 0 bridgehead atoms. The van der Waals surface area contributed by atoms with Gasteiger partial charge < -0.3 is 14.0 Å². The molecule has 1 fully saturated rings. The molecule has 1 atom stereocenters. The van der Waals surface area contributed by atoms with E-state index < -0.39 is 0 Å². The third-order valence-electron chi connectivity index (χ3n) is 3.67. The number of piperidine rings is 1. The second kappa shape index (κ2) is 5.07. The van der Waals surface area contributed by atoms with Crippen LogP contribution in [-0.2, 0) is 7.05 Å². The number of hydrogen-bond acceptors (Lipinski definition) is 5. The van der Waals surface area contributed by atoms with Gasteiger partial charge in [0.2, 0.25) is 0 Å². The molecule has 3 rings (SSSR count). The maximum atomic E-state index is 12.4. The van der Waals surface area contributed by atoms with E-state index in [0.29, 0.717) is 18.0 Å². The Balaban J connectivity index is 1.75. The van der Waals surface area contributed by atoms with E-state index in [1.54, 1.807) is 19.3 Å². The monoisotopic (exact) mass is 275 g/mol. The first kappa shape index (κ1) is 12.8. The summed E-state index contributed by atoms with van der Waals surface area (Å²) in [5.41, 5.74) is 0.376. The van der Waals surface area contributed by atoms with Crippen LogP contribution in [0, 0.1) is 6.92 Å². The van der Waals surface area contributed by atoms with Crippen molar-refractivity contribution in [1.82, 2.24) is 24.8 Å². The zero-order valence-corrected chi connectivity index (χ0v) is 11.6. The van der Waals surface area contributed by atoms with Crippen LogP contribution in [0.1, 0.15) is 40.8 Å². The fraction of sp³-hybridized carbons (Fsp3) is 0.538. The average molecular weight is 275 g/mol. The Kier molecular flexibility index (Phi) is 3.25. The lowest BCUT2D eigenvalue weighted by atomic mass is 9.97. The number of carbonyl (C=O) groups is 1. The highest BCUT2D eigenvalue weighted by atomic mass is 16.5. The van der Waals surface area contributed by atoms with E-state index in [1.165, 1.54) is 0 Å². The Labute approximate surface area is 116 Å². The molecule has 2 aromatic heterocycles. The van der Waals surface area contributed by atoms with E-state index in [1.807, 2.05) is 16.5 Å². The maximum absolute atomic E-state index is 12.4. The minimum atomic E-state index is -0.0753. The SMILES string of the molecule is Cc1cc(C(=O)N2CCC[C@@H](c3nncn3C)C2)no1. The molecule has 0 radical (unpaired) electrons. The second-order valence-electron chi connectivity index (χ2n) is 5.21. The van der Waals surface area contributed by atoms with E-state index in [4.69, 9.17) is 4.52 Å². The Bertz CT molecular complexity index is 618. The lowest BCUT2D eigenvalue weighted by molar-refractivity contribution is 0.0693. The first-order valence-corrected chi connectivity index (χ1v) is 6.71. The van der Waals surface area contributed by atoms with Crippen molar-refractivity contribution in [3.63, 3.8) is 0 Å². The molecule has 7 nitrogen and oxygen atoms in total. The first-order valence-electron chi connectivity index (χ1n) is 6.71. The predicted molar refractivity (Wildman–Crippen MR) is 70.1 cm³/mol. The Morgan fingerprint density at radius 2 is 2.35 bits per heavy atom. The summed E-state index contributed by atoms with van der Waals surface area (Å²) in [5, 5.41) is 11.9. The van der Waals surface area contributed by atoms with Crippen molar-refractivity contribution >= 4 is 5.91 Å². The van der Waals surface area contributed by atoms with E-state index in [-0.39, 0.29) is 11.8 Å². The number of aryl methyl sites for hydroxylation is 2. The van der Waals surface area contributed by atoms with Gasteiger partial charge in [0.15, 0.2) is 5.69 Å². The van der Waals surface area contributed by atoms with Crippen LogP contribution in [0.25, 0.3) is 0 Å². The first-order chi connectivity index (χ1) is 9.65. The van der Waals surface area contributed by atoms with Crippen molar-refractivity contribution in [1.29, 1.82) is 0 Å². The summed E-state index contributed by atoms with van der Waals surface area (Å²) in [4.78, 5) is 14.2. The van der Waals surface area contributed by atoms with Crippen LogP contribution in [0.4, 0.5) is 0 Å². The van der Waals surface area contributed by atoms with Gasteiger partial charge in [0.1, 0.15) is 17.9 Å². The van der Waals surface area contributed by atoms with Crippen LogP contribution in [0.3, 0.4) is 0 Å². The molecule has 0 aliphatic carbocycles. The van der Waals surface area contributed by atoms with Gasteiger partial charge in [-0.1, -0.05) is 5.16 Å².